The van der Waals surface area contributed by atoms with Crippen LogP contribution in [-0.2, 0) is 20.1 Å². The van der Waals surface area contributed by atoms with E-state index in [1.807, 2.05) is 31.3 Å². The third-order valence-electron chi connectivity index (χ3n) is 2.98. The fraction of sp³-hybridized carbons (Fsp3) is 0.0588. The number of hydrogen-bond donors (Lipinski definition) is 0. The van der Waals surface area contributed by atoms with Crippen molar-refractivity contribution in [3.63, 3.8) is 0 Å². The number of pyridine rings is 1. The second-order valence-corrected chi connectivity index (χ2v) is 4.85. The number of hydrogen-bond acceptors (Lipinski definition) is 5. The van der Waals surface area contributed by atoms with Crippen LogP contribution in [0.15, 0.2) is 48.1 Å². The summed E-state index contributed by atoms with van der Waals surface area (Å²) in [5.41, 5.74) is 0.826. The van der Waals surface area contributed by atoms with Crippen molar-refractivity contribution in [2.75, 3.05) is 7.05 Å². The maximum atomic E-state index is 13.1. The normalized spacial score (nSPS) is 11.7. The molecule has 3 heterocycles. The molecule has 27 heavy (non-hydrogen) atoms. The molecule has 10 heteroatoms. The van der Waals surface area contributed by atoms with Gasteiger partial charge in [-0.3, -0.25) is 15.0 Å². The number of benzene rings is 1. The summed E-state index contributed by atoms with van der Waals surface area (Å²) in [6, 6.07) is 17.0. The molecule has 137 valence electrons. The Morgan fingerprint density at radius 1 is 1.11 bits per heavy atom. The number of para-hydroxylation sites is 1. The SMILES string of the molecule is C[N+]1=C=[N+](c2[c-]cccc2)N=C1.Fc1c[c-]c(-c2ncncn2)c(F)n1.[Ir]. The molecule has 0 fully saturated rings. The van der Waals surface area contributed by atoms with E-state index in [-0.39, 0.29) is 31.5 Å². The summed E-state index contributed by atoms with van der Waals surface area (Å²) in [7, 11) is 1.88. The van der Waals surface area contributed by atoms with Gasteiger partial charge >= 0.3 is 12.3 Å². The average Bonchev–Trinajstić information content (AvgIpc) is 3.10. The third kappa shape index (κ3) is 5.46. The van der Waals surface area contributed by atoms with E-state index in [9.17, 15) is 8.78 Å². The van der Waals surface area contributed by atoms with Crippen molar-refractivity contribution in [3.8, 4) is 11.4 Å². The molecule has 0 aliphatic carbocycles. The summed E-state index contributed by atoms with van der Waals surface area (Å²) >= 11 is 0. The van der Waals surface area contributed by atoms with Crippen LogP contribution >= 0.6 is 0 Å². The van der Waals surface area contributed by atoms with Crippen LogP contribution in [0, 0.1) is 24.0 Å². The molecule has 2 aromatic heterocycles. The second kappa shape index (κ2) is 9.59. The molecule has 1 aromatic carbocycles. The zero-order valence-corrected chi connectivity index (χ0v) is 16.2. The average molecular weight is 544 g/mol. The van der Waals surface area contributed by atoms with Gasteiger partial charge in [-0.2, -0.15) is 18.2 Å². The Labute approximate surface area is 166 Å². The van der Waals surface area contributed by atoms with Crippen LogP contribution in [0.3, 0.4) is 0 Å². The summed E-state index contributed by atoms with van der Waals surface area (Å²) in [4.78, 5) is 13.9. The van der Waals surface area contributed by atoms with Gasteiger partial charge in [0.25, 0.3) is 0 Å². The van der Waals surface area contributed by atoms with Crippen molar-refractivity contribution in [1.29, 1.82) is 0 Å². The number of aromatic nitrogens is 4. The first-order chi connectivity index (χ1) is 12.6. The molecule has 0 atom stereocenters. The van der Waals surface area contributed by atoms with Gasteiger partial charge in [-0.25, -0.2) is 13.8 Å². The zero-order chi connectivity index (χ0) is 18.4. The predicted octanol–water partition coefficient (Wildman–Crippen LogP) is 1.91. The van der Waals surface area contributed by atoms with Crippen molar-refractivity contribution in [2.24, 2.45) is 5.10 Å². The first-order valence-corrected chi connectivity index (χ1v) is 7.29. The van der Waals surface area contributed by atoms with Crippen molar-refractivity contribution >= 4 is 18.0 Å². The van der Waals surface area contributed by atoms with Crippen LogP contribution in [0.5, 0.6) is 0 Å². The Bertz CT molecular complexity index is 1000. The molecule has 0 bridgehead atoms. The van der Waals surface area contributed by atoms with E-state index in [1.54, 1.807) is 15.6 Å². The van der Waals surface area contributed by atoms with E-state index in [2.05, 4.69) is 43.2 Å². The monoisotopic (exact) mass is 544 g/mol. The van der Waals surface area contributed by atoms with Crippen molar-refractivity contribution in [2.45, 2.75) is 0 Å². The molecule has 1 radical (unpaired) electrons. The Kier molecular flexibility index (Phi) is 7.19. The molecule has 0 saturated heterocycles. The molecule has 0 N–H and O–H groups in total. The van der Waals surface area contributed by atoms with Crippen LogP contribution < -0.4 is 0 Å². The molecule has 3 aromatic rings. The molecular formula is C17H11F2IrN7. The summed E-state index contributed by atoms with van der Waals surface area (Å²) in [6.45, 7) is 0. The van der Waals surface area contributed by atoms with Crippen LogP contribution in [0.1, 0.15) is 0 Å². The van der Waals surface area contributed by atoms with Gasteiger partial charge in [-0.05, 0) is 0 Å². The van der Waals surface area contributed by atoms with Crippen LogP contribution in [0.4, 0.5) is 14.5 Å². The van der Waals surface area contributed by atoms with E-state index >= 15 is 0 Å². The van der Waals surface area contributed by atoms with Crippen molar-refractivity contribution < 1.29 is 38.1 Å². The van der Waals surface area contributed by atoms with Gasteiger partial charge in [0, 0.05) is 20.1 Å². The summed E-state index contributed by atoms with van der Waals surface area (Å²) in [6.07, 6.45) is 4.11. The summed E-state index contributed by atoms with van der Waals surface area (Å²) in [5, 5.41) is 4.08. The fourth-order valence-electron chi connectivity index (χ4n) is 1.86. The van der Waals surface area contributed by atoms with Gasteiger partial charge in [0.2, 0.25) is 5.10 Å². The predicted molar refractivity (Wildman–Crippen MR) is 86.7 cm³/mol. The van der Waals surface area contributed by atoms with E-state index in [4.69, 9.17) is 0 Å². The van der Waals surface area contributed by atoms with E-state index in [1.165, 1.54) is 12.7 Å². The number of nitrogens with zero attached hydrogens (tertiary/aromatic N) is 7. The van der Waals surface area contributed by atoms with Gasteiger partial charge in [-0.15, -0.1) is 22.8 Å². The molecular weight excluding hydrogens is 532 g/mol. The molecule has 0 spiro atoms. The topological polar surface area (TPSA) is 69.9 Å². The minimum absolute atomic E-state index is 0. The van der Waals surface area contributed by atoms with Crippen LogP contribution in [0.25, 0.3) is 11.4 Å². The number of halogens is 2. The van der Waals surface area contributed by atoms with Crippen molar-refractivity contribution in [1.82, 2.24) is 19.9 Å². The smallest absolute Gasteiger partial charge is 0.291 e. The van der Waals surface area contributed by atoms with Crippen molar-refractivity contribution in [3.05, 3.63) is 67.0 Å². The van der Waals surface area contributed by atoms with Gasteiger partial charge in [0.1, 0.15) is 37.3 Å². The summed E-state index contributed by atoms with van der Waals surface area (Å²) < 4.78 is 28.9. The Balaban J connectivity index is 0.000000189. The molecule has 0 saturated carbocycles. The van der Waals surface area contributed by atoms with E-state index in [0.29, 0.717) is 0 Å². The zero-order valence-electron chi connectivity index (χ0n) is 13.8. The maximum Gasteiger partial charge on any atom is 0.420 e. The molecule has 7 nitrogen and oxygen atoms in total. The van der Waals surface area contributed by atoms with Gasteiger partial charge < -0.3 is 0 Å². The number of hydrazone groups is 1. The van der Waals surface area contributed by atoms with E-state index in [0.717, 1.165) is 11.8 Å². The Morgan fingerprint density at radius 3 is 2.48 bits per heavy atom. The first kappa shape index (κ1) is 20.3. The second-order valence-electron chi connectivity index (χ2n) is 4.85. The molecule has 4 rings (SSSR count). The van der Waals surface area contributed by atoms with Gasteiger partial charge in [0.15, 0.2) is 0 Å². The minimum atomic E-state index is -0.990. The third-order valence-corrected chi connectivity index (χ3v) is 2.98. The molecule has 1 aliphatic heterocycles. The standard InChI is InChI=1S/C9H8N3.C8H3F2N4.Ir/c1-11-7-10-12(8-11)9-5-3-2-4-6-9;9-6-2-1-5(7(10)14-6)8-12-3-11-4-13-8;/h2-5,7H,1H3;2-4H;/q+1;-1;. The maximum absolute atomic E-state index is 13.1. The van der Waals surface area contributed by atoms with Gasteiger partial charge in [-0.1, -0.05) is 11.6 Å². The fourth-order valence-corrected chi connectivity index (χ4v) is 1.86. The molecule has 1 aliphatic rings. The minimum Gasteiger partial charge on any atom is -0.291 e. The van der Waals surface area contributed by atoms with E-state index < -0.39 is 11.9 Å². The number of rotatable bonds is 2. The molecule has 0 amide bonds. The van der Waals surface area contributed by atoms with Gasteiger partial charge in [0.05, 0.1) is 10.5 Å². The quantitative estimate of drug-likeness (QED) is 0.282. The molecule has 0 unspecified atom stereocenters. The largest absolute Gasteiger partial charge is 0.420 e. The first-order valence-electron chi connectivity index (χ1n) is 7.29. The van der Waals surface area contributed by atoms with Crippen LogP contribution in [0.2, 0.25) is 0 Å². The summed E-state index contributed by atoms with van der Waals surface area (Å²) in [5.74, 6) is -1.85. The van der Waals surface area contributed by atoms with Crippen LogP contribution in [-0.4, -0.2) is 48.6 Å². The Morgan fingerprint density at radius 2 is 1.89 bits per heavy atom. The Hall–Kier alpha value is -3.06.